The molecule has 1 aromatic carbocycles. The number of rotatable bonds is 10. The van der Waals surface area contributed by atoms with Gasteiger partial charge in [0, 0.05) is 0 Å². The number of ether oxygens (including phenoxy) is 2. The summed E-state index contributed by atoms with van der Waals surface area (Å²) in [5.41, 5.74) is 0. The Morgan fingerprint density at radius 3 is 2.69 bits per heavy atom. The highest BCUT2D eigenvalue weighted by molar-refractivity contribution is 5.80. The first-order valence-electron chi connectivity index (χ1n) is 9.89. The summed E-state index contributed by atoms with van der Waals surface area (Å²) in [6.07, 6.45) is 14.0. The lowest BCUT2D eigenvalue weighted by molar-refractivity contribution is -0.201. The molecule has 1 saturated carbocycles. The maximum absolute atomic E-state index is 11.2. The Morgan fingerprint density at radius 2 is 1.97 bits per heavy atom. The fourth-order valence-corrected chi connectivity index (χ4v) is 3.42. The van der Waals surface area contributed by atoms with Crippen LogP contribution in [0.1, 0.15) is 32.1 Å². The molecule has 0 unspecified atom stereocenters. The lowest BCUT2D eigenvalue weighted by Gasteiger charge is -2.17. The molecule has 6 heteroatoms. The second-order valence-electron chi connectivity index (χ2n) is 7.11. The SMILES string of the molecule is COC(=O)C(O)(O)/C(O)=C/C=C\C[C@H]1CCC[C@@H]1/C=C/CCOc1ccccc1. The molecule has 1 aromatic rings. The van der Waals surface area contributed by atoms with Crippen molar-refractivity contribution in [3.63, 3.8) is 0 Å². The minimum atomic E-state index is -3.03. The Morgan fingerprint density at radius 1 is 1.21 bits per heavy atom. The number of aliphatic hydroxyl groups is 3. The highest BCUT2D eigenvalue weighted by Crippen LogP contribution is 2.35. The summed E-state index contributed by atoms with van der Waals surface area (Å²) in [6, 6.07) is 9.75. The molecule has 1 fully saturated rings. The number of esters is 1. The third kappa shape index (κ3) is 7.07. The van der Waals surface area contributed by atoms with Gasteiger partial charge in [0.15, 0.2) is 5.76 Å². The van der Waals surface area contributed by atoms with Crippen LogP contribution in [-0.4, -0.2) is 40.8 Å². The van der Waals surface area contributed by atoms with E-state index in [0.29, 0.717) is 18.4 Å². The van der Waals surface area contributed by atoms with Gasteiger partial charge in [-0.25, -0.2) is 4.79 Å². The number of hydrogen-bond acceptors (Lipinski definition) is 6. The number of aliphatic hydroxyl groups excluding tert-OH is 1. The molecule has 0 amide bonds. The fourth-order valence-electron chi connectivity index (χ4n) is 3.42. The first-order valence-corrected chi connectivity index (χ1v) is 9.89. The highest BCUT2D eigenvalue weighted by Gasteiger charge is 2.39. The van der Waals surface area contributed by atoms with Crippen molar-refractivity contribution in [2.24, 2.45) is 11.8 Å². The zero-order valence-electron chi connectivity index (χ0n) is 16.7. The van der Waals surface area contributed by atoms with E-state index >= 15 is 0 Å². The van der Waals surface area contributed by atoms with Gasteiger partial charge in [0.25, 0.3) is 0 Å². The van der Waals surface area contributed by atoms with Crippen molar-refractivity contribution in [2.45, 2.75) is 37.9 Å². The van der Waals surface area contributed by atoms with Crippen LogP contribution in [0.5, 0.6) is 5.75 Å². The van der Waals surface area contributed by atoms with Gasteiger partial charge >= 0.3 is 11.8 Å². The van der Waals surface area contributed by atoms with Crippen LogP contribution >= 0.6 is 0 Å². The van der Waals surface area contributed by atoms with Gasteiger partial charge < -0.3 is 24.8 Å². The van der Waals surface area contributed by atoms with E-state index in [1.54, 1.807) is 0 Å². The van der Waals surface area contributed by atoms with Crippen LogP contribution < -0.4 is 4.74 Å². The summed E-state index contributed by atoms with van der Waals surface area (Å²) in [5.74, 6) is -3.36. The number of benzene rings is 1. The van der Waals surface area contributed by atoms with Crippen LogP contribution in [0.15, 0.2) is 66.5 Å². The second-order valence-corrected chi connectivity index (χ2v) is 7.11. The molecular weight excluding hydrogens is 372 g/mol. The second kappa shape index (κ2) is 11.4. The Balaban J connectivity index is 1.76. The Kier molecular flexibility index (Phi) is 8.96. The van der Waals surface area contributed by atoms with Crippen LogP contribution in [0, 0.1) is 11.8 Å². The third-order valence-electron chi connectivity index (χ3n) is 5.05. The molecule has 1 aliphatic carbocycles. The topological polar surface area (TPSA) is 96.2 Å². The lowest BCUT2D eigenvalue weighted by atomic mass is 9.92. The molecule has 0 aromatic heterocycles. The molecule has 0 bridgehead atoms. The molecule has 0 heterocycles. The van der Waals surface area contributed by atoms with Gasteiger partial charge in [-0.3, -0.25) is 0 Å². The first kappa shape index (κ1) is 22.7. The first-order chi connectivity index (χ1) is 13.9. The van der Waals surface area contributed by atoms with Gasteiger partial charge in [-0.1, -0.05) is 48.9 Å². The normalized spacial score (nSPS) is 20.4. The Bertz CT molecular complexity index is 720. The Labute approximate surface area is 171 Å². The molecule has 3 N–H and O–H groups in total. The van der Waals surface area contributed by atoms with E-state index in [2.05, 4.69) is 16.9 Å². The van der Waals surface area contributed by atoms with Crippen molar-refractivity contribution in [1.82, 2.24) is 0 Å². The van der Waals surface area contributed by atoms with E-state index in [1.807, 2.05) is 36.4 Å². The van der Waals surface area contributed by atoms with E-state index in [0.717, 1.165) is 44.6 Å². The average molecular weight is 402 g/mol. The smallest absolute Gasteiger partial charge is 0.374 e. The van der Waals surface area contributed by atoms with Gasteiger partial charge in [-0.15, -0.1) is 0 Å². The predicted octanol–water partition coefficient (Wildman–Crippen LogP) is 3.67. The standard InChI is InChI=1S/C23H30O6/c1-28-22(25)23(26,27)21(24)16-6-5-10-18-12-9-13-19(18)11-7-8-17-29-20-14-3-2-4-15-20/h2-7,11,14-16,18-19,24,26-27H,8-10,12-13,17H2,1H3/b6-5-,11-7+,21-16-/t18-,19-/m0/s1. The molecule has 29 heavy (non-hydrogen) atoms. The zero-order valence-corrected chi connectivity index (χ0v) is 16.7. The number of carbonyl (C=O) groups excluding carboxylic acids is 1. The zero-order chi connectivity index (χ0) is 21.1. The molecule has 0 aliphatic heterocycles. The monoisotopic (exact) mass is 402 g/mol. The number of carbonyl (C=O) groups is 1. The summed E-state index contributed by atoms with van der Waals surface area (Å²) in [5, 5.41) is 28.7. The third-order valence-corrected chi connectivity index (χ3v) is 5.05. The summed E-state index contributed by atoms with van der Waals surface area (Å²) in [4.78, 5) is 11.2. The van der Waals surface area contributed by atoms with Gasteiger partial charge in [0.05, 0.1) is 13.7 Å². The minimum Gasteiger partial charge on any atom is -0.506 e. The van der Waals surface area contributed by atoms with Crippen molar-refractivity contribution < 1.29 is 29.6 Å². The molecular formula is C23H30O6. The minimum absolute atomic E-state index is 0.499. The van der Waals surface area contributed by atoms with E-state index in [1.165, 1.54) is 12.5 Å². The molecule has 6 nitrogen and oxygen atoms in total. The molecule has 1 aliphatic rings. The van der Waals surface area contributed by atoms with Crippen LogP contribution in [-0.2, 0) is 9.53 Å². The van der Waals surface area contributed by atoms with E-state index in [9.17, 15) is 20.1 Å². The predicted molar refractivity (Wildman–Crippen MR) is 110 cm³/mol. The van der Waals surface area contributed by atoms with E-state index in [4.69, 9.17) is 4.74 Å². The number of hydrogen-bond donors (Lipinski definition) is 3. The summed E-state index contributed by atoms with van der Waals surface area (Å²) in [7, 11) is 1.01. The van der Waals surface area contributed by atoms with E-state index in [-0.39, 0.29) is 0 Å². The summed E-state index contributed by atoms with van der Waals surface area (Å²) < 4.78 is 9.92. The van der Waals surface area contributed by atoms with Crippen LogP contribution in [0.3, 0.4) is 0 Å². The summed E-state index contributed by atoms with van der Waals surface area (Å²) in [6.45, 7) is 0.645. The maximum atomic E-state index is 11.2. The van der Waals surface area contributed by atoms with Crippen LogP contribution in [0.4, 0.5) is 0 Å². The molecule has 0 spiro atoms. The van der Waals surface area contributed by atoms with Gasteiger partial charge in [0.1, 0.15) is 5.75 Å². The molecule has 158 valence electrons. The van der Waals surface area contributed by atoms with Crippen LogP contribution in [0.2, 0.25) is 0 Å². The van der Waals surface area contributed by atoms with Crippen molar-refractivity contribution in [3.05, 3.63) is 66.5 Å². The fraction of sp³-hybridized carbons (Fsp3) is 0.435. The van der Waals surface area contributed by atoms with Gasteiger partial charge in [-0.2, -0.15) is 0 Å². The molecule has 0 saturated heterocycles. The molecule has 2 rings (SSSR count). The van der Waals surface area contributed by atoms with Gasteiger partial charge in [-0.05, 0) is 55.7 Å². The average Bonchev–Trinajstić information content (AvgIpc) is 3.18. The number of allylic oxidation sites excluding steroid dienone is 4. The lowest BCUT2D eigenvalue weighted by Crippen LogP contribution is -2.41. The Hall–Kier alpha value is -2.57. The quantitative estimate of drug-likeness (QED) is 0.138. The van der Waals surface area contributed by atoms with Crippen LogP contribution in [0.25, 0.3) is 0 Å². The summed E-state index contributed by atoms with van der Waals surface area (Å²) >= 11 is 0. The maximum Gasteiger partial charge on any atom is 0.374 e. The van der Waals surface area contributed by atoms with Crippen molar-refractivity contribution in [1.29, 1.82) is 0 Å². The van der Waals surface area contributed by atoms with Crippen molar-refractivity contribution >= 4 is 5.97 Å². The highest BCUT2D eigenvalue weighted by atomic mass is 16.6. The molecule has 2 atom stereocenters. The van der Waals surface area contributed by atoms with Crippen molar-refractivity contribution in [3.8, 4) is 5.75 Å². The number of para-hydroxylation sites is 1. The molecule has 0 radical (unpaired) electrons. The largest absolute Gasteiger partial charge is 0.506 e. The van der Waals surface area contributed by atoms with Crippen molar-refractivity contribution in [2.75, 3.05) is 13.7 Å². The van der Waals surface area contributed by atoms with E-state index < -0.39 is 17.5 Å². The van der Waals surface area contributed by atoms with Gasteiger partial charge in [0.2, 0.25) is 0 Å². The number of methoxy groups -OCH3 is 1.